The molecule has 0 aromatic rings. The molecule has 0 spiro atoms. The molecule has 0 atom stereocenters. The molecule has 0 aromatic heterocycles. The number of hydrogen-bond acceptors (Lipinski definition) is 2. The number of rotatable bonds is 6. The van der Waals surface area contributed by atoms with Crippen LogP contribution in [-0.2, 0) is 4.74 Å². The molecule has 4 heteroatoms. The van der Waals surface area contributed by atoms with E-state index in [4.69, 9.17) is 4.74 Å². The predicted molar refractivity (Wildman–Crippen MR) is 78.3 cm³/mol. The number of amides is 2. The summed E-state index contributed by atoms with van der Waals surface area (Å²) in [5.41, 5.74) is 0. The molecule has 0 aromatic carbocycles. The number of nitrogens with zero attached hydrogens (tertiary/aromatic N) is 1. The van der Waals surface area contributed by atoms with Gasteiger partial charge in [-0.05, 0) is 58.8 Å². The summed E-state index contributed by atoms with van der Waals surface area (Å²) in [7, 11) is 1.80. The third-order valence-corrected chi connectivity index (χ3v) is 4.18. The monoisotopic (exact) mass is 270 g/mol. The van der Waals surface area contributed by atoms with Gasteiger partial charge in [0.15, 0.2) is 0 Å². The van der Waals surface area contributed by atoms with Crippen LogP contribution in [-0.4, -0.2) is 43.3 Å². The van der Waals surface area contributed by atoms with Gasteiger partial charge in [-0.25, -0.2) is 4.79 Å². The zero-order chi connectivity index (χ0) is 14.3. The van der Waals surface area contributed by atoms with Gasteiger partial charge in [0.1, 0.15) is 0 Å². The van der Waals surface area contributed by atoms with E-state index in [-0.39, 0.29) is 12.1 Å². The molecule has 1 aliphatic carbocycles. The normalized spacial score (nSPS) is 23.4. The zero-order valence-electron chi connectivity index (χ0n) is 12.9. The summed E-state index contributed by atoms with van der Waals surface area (Å²) in [6.07, 6.45) is 6.36. The first-order chi connectivity index (χ1) is 9.08. The summed E-state index contributed by atoms with van der Waals surface area (Å²) in [6, 6.07) is 0.338. The van der Waals surface area contributed by atoms with Crippen molar-refractivity contribution in [3.05, 3.63) is 0 Å². The maximum absolute atomic E-state index is 12.0. The van der Waals surface area contributed by atoms with E-state index >= 15 is 0 Å². The fourth-order valence-corrected chi connectivity index (χ4v) is 2.88. The third-order valence-electron chi connectivity index (χ3n) is 4.18. The Morgan fingerprint density at radius 1 is 1.32 bits per heavy atom. The molecule has 0 saturated heterocycles. The first kappa shape index (κ1) is 16.3. The maximum Gasteiger partial charge on any atom is 0.317 e. The second kappa shape index (κ2) is 8.41. The van der Waals surface area contributed by atoms with Crippen LogP contribution in [0.4, 0.5) is 4.79 Å². The van der Waals surface area contributed by atoms with E-state index in [0.29, 0.717) is 6.10 Å². The Morgan fingerprint density at radius 2 is 1.95 bits per heavy atom. The fraction of sp³-hybridized carbons (Fsp3) is 0.933. The second-order valence-corrected chi connectivity index (χ2v) is 5.78. The fourth-order valence-electron chi connectivity index (χ4n) is 2.88. The summed E-state index contributed by atoms with van der Waals surface area (Å²) in [5.74, 6) is 0.751. The van der Waals surface area contributed by atoms with Crippen LogP contribution in [0.2, 0.25) is 0 Å². The summed E-state index contributed by atoms with van der Waals surface area (Å²) < 4.78 is 5.38. The van der Waals surface area contributed by atoms with Crippen LogP contribution in [0.5, 0.6) is 0 Å². The standard InChI is InChI=1S/C15H30N2O2/c1-5-17(12(2)3)15(18)16-11-10-13-6-8-14(19-4)9-7-13/h12-14H,5-11H2,1-4H3,(H,16,18). The second-order valence-electron chi connectivity index (χ2n) is 5.78. The van der Waals surface area contributed by atoms with Crippen LogP contribution >= 0.6 is 0 Å². The number of nitrogens with one attached hydrogen (secondary N) is 1. The lowest BCUT2D eigenvalue weighted by Gasteiger charge is -2.28. The molecule has 1 rings (SSSR count). The molecule has 0 unspecified atom stereocenters. The van der Waals surface area contributed by atoms with Gasteiger partial charge in [-0.3, -0.25) is 0 Å². The summed E-state index contributed by atoms with van der Waals surface area (Å²) in [4.78, 5) is 13.8. The Labute approximate surface area is 117 Å². The van der Waals surface area contributed by atoms with Crippen LogP contribution in [0.3, 0.4) is 0 Å². The lowest BCUT2D eigenvalue weighted by molar-refractivity contribution is 0.0556. The van der Waals surface area contributed by atoms with Gasteiger partial charge in [-0.2, -0.15) is 0 Å². The van der Waals surface area contributed by atoms with Crippen LogP contribution < -0.4 is 5.32 Å². The average molecular weight is 270 g/mol. The Balaban J connectivity index is 2.18. The molecule has 0 bridgehead atoms. The number of ether oxygens (including phenoxy) is 1. The minimum atomic E-state index is 0.0723. The summed E-state index contributed by atoms with van der Waals surface area (Å²) in [6.45, 7) is 7.68. The Hall–Kier alpha value is -0.770. The van der Waals surface area contributed by atoms with Crippen LogP contribution in [0.25, 0.3) is 0 Å². The first-order valence-electron chi connectivity index (χ1n) is 7.65. The lowest BCUT2D eigenvalue weighted by Crippen LogP contribution is -2.44. The SMILES string of the molecule is CCN(C(=O)NCCC1CCC(OC)CC1)C(C)C. The highest BCUT2D eigenvalue weighted by atomic mass is 16.5. The number of carbonyl (C=O) groups excluding carboxylic acids is 1. The minimum absolute atomic E-state index is 0.0723. The van der Waals surface area contributed by atoms with Crippen LogP contribution in [0, 0.1) is 5.92 Å². The molecule has 1 N–H and O–H groups in total. The van der Waals surface area contributed by atoms with Crippen LogP contribution in [0.15, 0.2) is 0 Å². The van der Waals surface area contributed by atoms with E-state index in [9.17, 15) is 4.79 Å². The van der Waals surface area contributed by atoms with Gasteiger partial charge in [-0.1, -0.05) is 0 Å². The van der Waals surface area contributed by atoms with E-state index in [2.05, 4.69) is 19.2 Å². The maximum atomic E-state index is 12.0. The largest absolute Gasteiger partial charge is 0.381 e. The Bertz CT molecular complexity index is 261. The molecule has 19 heavy (non-hydrogen) atoms. The predicted octanol–water partition coefficient (Wildman–Crippen LogP) is 3.02. The highest BCUT2D eigenvalue weighted by Gasteiger charge is 2.21. The van der Waals surface area contributed by atoms with Crippen molar-refractivity contribution >= 4 is 6.03 Å². The molecular formula is C15H30N2O2. The Morgan fingerprint density at radius 3 is 2.42 bits per heavy atom. The summed E-state index contributed by atoms with van der Waals surface area (Å²) >= 11 is 0. The molecule has 1 aliphatic rings. The number of carbonyl (C=O) groups is 1. The van der Waals surface area contributed by atoms with Crippen molar-refractivity contribution < 1.29 is 9.53 Å². The molecule has 0 radical (unpaired) electrons. The molecule has 112 valence electrons. The average Bonchev–Trinajstić information content (AvgIpc) is 2.40. The molecule has 1 fully saturated rings. The van der Waals surface area contributed by atoms with Crippen molar-refractivity contribution in [1.82, 2.24) is 10.2 Å². The van der Waals surface area contributed by atoms with Crippen molar-refractivity contribution in [2.75, 3.05) is 20.2 Å². The zero-order valence-corrected chi connectivity index (χ0v) is 12.9. The van der Waals surface area contributed by atoms with Gasteiger partial charge in [0.2, 0.25) is 0 Å². The molecule has 0 heterocycles. The Kier molecular flexibility index (Phi) is 7.21. The minimum Gasteiger partial charge on any atom is -0.381 e. The topological polar surface area (TPSA) is 41.6 Å². The lowest BCUT2D eigenvalue weighted by atomic mass is 9.85. The van der Waals surface area contributed by atoms with Gasteiger partial charge in [0.25, 0.3) is 0 Å². The van der Waals surface area contributed by atoms with Gasteiger partial charge in [-0.15, -0.1) is 0 Å². The molecule has 1 saturated carbocycles. The van der Waals surface area contributed by atoms with Gasteiger partial charge in [0, 0.05) is 26.2 Å². The molecule has 0 aliphatic heterocycles. The smallest absolute Gasteiger partial charge is 0.317 e. The molecule has 2 amide bonds. The highest BCUT2D eigenvalue weighted by molar-refractivity contribution is 5.74. The molecule has 4 nitrogen and oxygen atoms in total. The number of hydrogen-bond donors (Lipinski definition) is 1. The van der Waals surface area contributed by atoms with E-state index in [1.807, 2.05) is 11.8 Å². The van der Waals surface area contributed by atoms with E-state index in [1.165, 1.54) is 25.7 Å². The van der Waals surface area contributed by atoms with Crippen molar-refractivity contribution in [2.45, 2.75) is 65.0 Å². The quantitative estimate of drug-likeness (QED) is 0.806. The van der Waals surface area contributed by atoms with Crippen molar-refractivity contribution in [3.63, 3.8) is 0 Å². The third kappa shape index (κ3) is 5.39. The molecular weight excluding hydrogens is 240 g/mol. The van der Waals surface area contributed by atoms with Gasteiger partial charge < -0.3 is 15.0 Å². The van der Waals surface area contributed by atoms with Gasteiger partial charge in [0.05, 0.1) is 6.10 Å². The summed E-state index contributed by atoms with van der Waals surface area (Å²) in [5, 5.41) is 3.04. The van der Waals surface area contributed by atoms with Crippen molar-refractivity contribution in [3.8, 4) is 0 Å². The van der Waals surface area contributed by atoms with Gasteiger partial charge >= 0.3 is 6.03 Å². The first-order valence-corrected chi connectivity index (χ1v) is 7.65. The number of methoxy groups -OCH3 is 1. The van der Waals surface area contributed by atoms with Crippen LogP contribution in [0.1, 0.15) is 52.9 Å². The van der Waals surface area contributed by atoms with E-state index in [0.717, 1.165) is 25.4 Å². The van der Waals surface area contributed by atoms with E-state index in [1.54, 1.807) is 7.11 Å². The van der Waals surface area contributed by atoms with Crippen molar-refractivity contribution in [1.29, 1.82) is 0 Å². The number of urea groups is 1. The highest BCUT2D eigenvalue weighted by Crippen LogP contribution is 2.27. The van der Waals surface area contributed by atoms with Crippen molar-refractivity contribution in [2.24, 2.45) is 5.92 Å². The van der Waals surface area contributed by atoms with E-state index < -0.39 is 0 Å².